The van der Waals surface area contributed by atoms with Gasteiger partial charge in [-0.3, -0.25) is 4.90 Å². The van der Waals surface area contributed by atoms with Gasteiger partial charge in [0, 0.05) is 17.1 Å². The summed E-state index contributed by atoms with van der Waals surface area (Å²) >= 11 is 7.33. The van der Waals surface area contributed by atoms with E-state index in [9.17, 15) is 9.18 Å². The van der Waals surface area contributed by atoms with Gasteiger partial charge in [0.2, 0.25) is 0 Å². The van der Waals surface area contributed by atoms with Crippen LogP contribution in [0.25, 0.3) is 10.2 Å². The van der Waals surface area contributed by atoms with Gasteiger partial charge in [0.25, 0.3) is 0 Å². The zero-order chi connectivity index (χ0) is 20.4. The first-order valence-electron chi connectivity index (χ1n) is 8.65. The third kappa shape index (κ3) is 4.09. The van der Waals surface area contributed by atoms with E-state index in [0.717, 1.165) is 0 Å². The number of nitrogens with zero attached hydrogens (tertiary/aromatic N) is 3. The predicted octanol–water partition coefficient (Wildman–Crippen LogP) is 4.18. The normalized spacial score (nSPS) is 11.4. The monoisotopic (exact) mass is 422 g/mol. The summed E-state index contributed by atoms with van der Waals surface area (Å²) in [4.78, 5) is 24.0. The highest BCUT2D eigenvalue weighted by atomic mass is 35.5. The van der Waals surface area contributed by atoms with Gasteiger partial charge in [-0.05, 0) is 38.6 Å². The SMILES string of the molecule is CCOC(=O)c1sc2nc(CN(C)Cc3c(F)cccc3Cl)nc(N)c2c1C. The van der Waals surface area contributed by atoms with Crippen molar-refractivity contribution in [3.05, 3.63) is 50.9 Å². The molecule has 0 saturated carbocycles. The molecular formula is C19H20ClFN4O2S. The Morgan fingerprint density at radius 1 is 1.36 bits per heavy atom. The topological polar surface area (TPSA) is 81.3 Å². The number of nitrogens with two attached hydrogens (primary N) is 1. The van der Waals surface area contributed by atoms with Crippen molar-refractivity contribution in [3.8, 4) is 0 Å². The molecule has 148 valence electrons. The van der Waals surface area contributed by atoms with Crippen molar-refractivity contribution in [2.24, 2.45) is 0 Å². The first kappa shape index (κ1) is 20.4. The van der Waals surface area contributed by atoms with Gasteiger partial charge < -0.3 is 10.5 Å². The van der Waals surface area contributed by atoms with Crippen LogP contribution in [0.3, 0.4) is 0 Å². The summed E-state index contributed by atoms with van der Waals surface area (Å²) in [6.45, 7) is 4.49. The molecule has 2 N–H and O–H groups in total. The summed E-state index contributed by atoms with van der Waals surface area (Å²) < 4.78 is 19.1. The Hall–Kier alpha value is -2.29. The molecular weight excluding hydrogens is 403 g/mol. The fourth-order valence-electron chi connectivity index (χ4n) is 2.93. The van der Waals surface area contributed by atoms with Gasteiger partial charge in [-0.15, -0.1) is 11.3 Å². The Balaban J connectivity index is 1.86. The van der Waals surface area contributed by atoms with E-state index in [4.69, 9.17) is 22.1 Å². The number of ether oxygens (including phenoxy) is 1. The molecule has 0 radical (unpaired) electrons. The number of halogens is 2. The summed E-state index contributed by atoms with van der Waals surface area (Å²) in [5, 5.41) is 1.03. The number of hydrogen-bond acceptors (Lipinski definition) is 7. The molecule has 0 bridgehead atoms. The van der Waals surface area contributed by atoms with Crippen molar-refractivity contribution in [2.75, 3.05) is 19.4 Å². The average molecular weight is 423 g/mol. The molecule has 0 aliphatic heterocycles. The third-order valence-corrected chi connectivity index (χ3v) is 5.75. The number of carbonyl (C=O) groups is 1. The fourth-order valence-corrected chi connectivity index (χ4v) is 4.25. The van der Waals surface area contributed by atoms with Crippen molar-refractivity contribution < 1.29 is 13.9 Å². The minimum atomic E-state index is -0.393. The second kappa shape index (κ2) is 8.38. The van der Waals surface area contributed by atoms with Crippen molar-refractivity contribution in [3.63, 3.8) is 0 Å². The number of hydrogen-bond donors (Lipinski definition) is 1. The molecule has 1 aromatic carbocycles. The van der Waals surface area contributed by atoms with Crippen LogP contribution < -0.4 is 5.73 Å². The van der Waals surface area contributed by atoms with Crippen molar-refractivity contribution in [2.45, 2.75) is 26.9 Å². The van der Waals surface area contributed by atoms with Gasteiger partial charge in [0.05, 0.1) is 18.5 Å². The second-order valence-electron chi connectivity index (χ2n) is 6.35. The number of esters is 1. The standard InChI is InChI=1S/C19H20ClFN4O2S/c1-4-27-19(26)16-10(2)15-17(22)23-14(24-18(15)28-16)9-25(3)8-11-12(20)6-5-7-13(11)21/h5-7H,4,8-9H2,1-3H3,(H2,22,23,24). The molecule has 3 rings (SSSR count). The molecule has 0 aliphatic carbocycles. The zero-order valence-corrected chi connectivity index (χ0v) is 17.3. The van der Waals surface area contributed by atoms with Crippen LogP contribution in [0.15, 0.2) is 18.2 Å². The number of carbonyl (C=O) groups excluding carboxylic acids is 1. The van der Waals surface area contributed by atoms with E-state index in [1.807, 2.05) is 11.9 Å². The van der Waals surface area contributed by atoms with Gasteiger partial charge in [-0.25, -0.2) is 19.2 Å². The van der Waals surface area contributed by atoms with Gasteiger partial charge in [0.15, 0.2) is 0 Å². The first-order chi connectivity index (χ1) is 13.3. The Labute approximate surface area is 171 Å². The van der Waals surface area contributed by atoms with Crippen LogP contribution in [0.1, 0.15) is 33.5 Å². The highest BCUT2D eigenvalue weighted by Crippen LogP contribution is 2.33. The summed E-state index contributed by atoms with van der Waals surface area (Å²) in [6.07, 6.45) is 0. The molecule has 3 aromatic rings. The lowest BCUT2D eigenvalue weighted by Crippen LogP contribution is -2.20. The van der Waals surface area contributed by atoms with E-state index in [-0.39, 0.29) is 5.82 Å². The number of fused-ring (bicyclic) bond motifs is 1. The number of thiophene rings is 1. The molecule has 0 saturated heterocycles. The lowest BCUT2D eigenvalue weighted by Gasteiger charge is -2.17. The number of aromatic nitrogens is 2. The first-order valence-corrected chi connectivity index (χ1v) is 9.85. The van der Waals surface area contributed by atoms with Gasteiger partial charge in [0.1, 0.15) is 27.2 Å². The highest BCUT2D eigenvalue weighted by Gasteiger charge is 2.21. The quantitative estimate of drug-likeness (QED) is 0.600. The Morgan fingerprint density at radius 2 is 2.11 bits per heavy atom. The summed E-state index contributed by atoms with van der Waals surface area (Å²) in [5.74, 6) is 0.0386. The maximum atomic E-state index is 14.0. The Morgan fingerprint density at radius 3 is 2.79 bits per heavy atom. The maximum Gasteiger partial charge on any atom is 0.348 e. The van der Waals surface area contributed by atoms with Gasteiger partial charge in [-0.1, -0.05) is 17.7 Å². The van der Waals surface area contributed by atoms with Crippen molar-refractivity contribution in [1.29, 1.82) is 0 Å². The molecule has 2 heterocycles. The van der Waals surface area contributed by atoms with Crippen LogP contribution >= 0.6 is 22.9 Å². The van der Waals surface area contributed by atoms with Crippen LogP contribution in [-0.4, -0.2) is 34.5 Å². The summed E-state index contributed by atoms with van der Waals surface area (Å²) in [6, 6.07) is 4.60. The second-order valence-corrected chi connectivity index (χ2v) is 7.76. The molecule has 2 aromatic heterocycles. The number of anilines is 1. The molecule has 9 heteroatoms. The Kier molecular flexibility index (Phi) is 6.12. The molecule has 0 amide bonds. The van der Waals surface area contributed by atoms with Crippen molar-refractivity contribution >= 4 is 44.9 Å². The van der Waals surface area contributed by atoms with Crippen LogP contribution in [0.4, 0.5) is 10.2 Å². The van der Waals surface area contributed by atoms with Crippen LogP contribution in [-0.2, 0) is 17.8 Å². The van der Waals surface area contributed by atoms with E-state index in [1.54, 1.807) is 26.0 Å². The van der Waals surface area contributed by atoms with E-state index >= 15 is 0 Å². The molecule has 0 spiro atoms. The molecule has 0 fully saturated rings. The molecule has 0 unspecified atom stereocenters. The van der Waals surface area contributed by atoms with Crippen LogP contribution in [0, 0.1) is 12.7 Å². The molecule has 0 aliphatic rings. The molecule has 0 atom stereocenters. The van der Waals surface area contributed by atoms with Gasteiger partial charge in [-0.2, -0.15) is 0 Å². The van der Waals surface area contributed by atoms with E-state index in [1.165, 1.54) is 17.4 Å². The maximum absolute atomic E-state index is 14.0. The van der Waals surface area contributed by atoms with Crippen molar-refractivity contribution in [1.82, 2.24) is 14.9 Å². The molecule has 28 heavy (non-hydrogen) atoms. The van der Waals surface area contributed by atoms with Crippen LogP contribution in [0.5, 0.6) is 0 Å². The highest BCUT2D eigenvalue weighted by molar-refractivity contribution is 7.20. The van der Waals surface area contributed by atoms with E-state index in [0.29, 0.717) is 62.6 Å². The fraction of sp³-hybridized carbons (Fsp3) is 0.316. The number of benzene rings is 1. The number of nitrogen functional groups attached to an aromatic ring is 1. The third-order valence-electron chi connectivity index (χ3n) is 4.23. The zero-order valence-electron chi connectivity index (χ0n) is 15.8. The lowest BCUT2D eigenvalue weighted by atomic mass is 10.2. The molecule has 6 nitrogen and oxygen atoms in total. The van der Waals surface area contributed by atoms with E-state index in [2.05, 4.69) is 9.97 Å². The largest absolute Gasteiger partial charge is 0.462 e. The minimum Gasteiger partial charge on any atom is -0.462 e. The van der Waals surface area contributed by atoms with Gasteiger partial charge >= 0.3 is 5.97 Å². The lowest BCUT2D eigenvalue weighted by molar-refractivity contribution is 0.0531. The summed E-state index contributed by atoms with van der Waals surface area (Å²) in [5.41, 5.74) is 7.26. The number of aryl methyl sites for hydroxylation is 1. The number of rotatable bonds is 6. The summed E-state index contributed by atoms with van der Waals surface area (Å²) in [7, 11) is 1.82. The van der Waals surface area contributed by atoms with Crippen LogP contribution in [0.2, 0.25) is 5.02 Å². The average Bonchev–Trinajstić information content (AvgIpc) is 2.95. The Bertz CT molecular complexity index is 1020. The predicted molar refractivity (Wildman–Crippen MR) is 109 cm³/mol. The smallest absolute Gasteiger partial charge is 0.348 e. The van der Waals surface area contributed by atoms with E-state index < -0.39 is 5.97 Å². The minimum absolute atomic E-state index is 0.294.